The number of nitrogens with one attached hydrogen (secondary N) is 1. The SMILES string of the molecule is CC.CNC(CN1CCCC1)c1ccccc1Cl. The maximum Gasteiger partial charge on any atom is 0.0461 e. The van der Waals surface area contributed by atoms with Gasteiger partial charge in [-0.1, -0.05) is 43.6 Å². The number of rotatable bonds is 4. The summed E-state index contributed by atoms with van der Waals surface area (Å²) in [6.07, 6.45) is 2.66. The first-order valence-corrected chi connectivity index (χ1v) is 7.33. The fourth-order valence-electron chi connectivity index (χ4n) is 2.33. The minimum atomic E-state index is 0.340. The summed E-state index contributed by atoms with van der Waals surface area (Å²) < 4.78 is 0. The molecular formula is C15H25ClN2. The molecule has 0 aromatic heterocycles. The smallest absolute Gasteiger partial charge is 0.0461 e. The molecule has 1 heterocycles. The first-order valence-electron chi connectivity index (χ1n) is 6.95. The Balaban J connectivity index is 0.000000771. The predicted octanol–water partition coefficient (Wildman–Crippen LogP) is 3.72. The Bertz CT molecular complexity index is 335. The van der Waals surface area contributed by atoms with E-state index in [0.29, 0.717) is 6.04 Å². The van der Waals surface area contributed by atoms with Crippen molar-refractivity contribution >= 4 is 11.6 Å². The van der Waals surface area contributed by atoms with Crippen LogP contribution in [0.25, 0.3) is 0 Å². The molecule has 1 fully saturated rings. The van der Waals surface area contributed by atoms with Gasteiger partial charge in [-0.3, -0.25) is 0 Å². The van der Waals surface area contributed by atoms with Crippen LogP contribution in [0.5, 0.6) is 0 Å². The van der Waals surface area contributed by atoms with Crippen molar-refractivity contribution in [3.8, 4) is 0 Å². The van der Waals surface area contributed by atoms with Crippen LogP contribution >= 0.6 is 11.6 Å². The molecule has 0 aliphatic carbocycles. The fraction of sp³-hybridized carbons (Fsp3) is 0.600. The lowest BCUT2D eigenvalue weighted by molar-refractivity contribution is 0.299. The molecule has 2 rings (SSSR count). The Hall–Kier alpha value is -0.570. The second-order valence-electron chi connectivity index (χ2n) is 4.37. The fourth-order valence-corrected chi connectivity index (χ4v) is 2.59. The van der Waals surface area contributed by atoms with Crippen molar-refractivity contribution in [2.24, 2.45) is 0 Å². The van der Waals surface area contributed by atoms with Gasteiger partial charge in [0.1, 0.15) is 0 Å². The predicted molar refractivity (Wildman–Crippen MR) is 80.3 cm³/mol. The lowest BCUT2D eigenvalue weighted by atomic mass is 10.1. The Morgan fingerprint density at radius 1 is 1.22 bits per heavy atom. The molecule has 1 aliphatic rings. The van der Waals surface area contributed by atoms with Crippen LogP contribution in [0.1, 0.15) is 38.3 Å². The summed E-state index contributed by atoms with van der Waals surface area (Å²) in [5.74, 6) is 0. The van der Waals surface area contributed by atoms with Gasteiger partial charge in [-0.05, 0) is 44.6 Å². The van der Waals surface area contributed by atoms with Crippen LogP contribution in [0.3, 0.4) is 0 Å². The van der Waals surface area contributed by atoms with Gasteiger partial charge >= 0.3 is 0 Å². The Morgan fingerprint density at radius 2 is 1.83 bits per heavy atom. The zero-order valence-electron chi connectivity index (χ0n) is 11.7. The average Bonchev–Trinajstić information content (AvgIpc) is 2.92. The summed E-state index contributed by atoms with van der Waals surface area (Å²) in [6, 6.07) is 8.45. The number of hydrogen-bond donors (Lipinski definition) is 1. The van der Waals surface area contributed by atoms with Crippen LogP contribution in [0.4, 0.5) is 0 Å². The first kappa shape index (κ1) is 15.5. The van der Waals surface area contributed by atoms with Crippen molar-refractivity contribution in [3.05, 3.63) is 34.9 Å². The standard InChI is InChI=1S/C13H19ClN2.C2H6/c1-15-13(10-16-8-4-5-9-16)11-6-2-3-7-12(11)14;1-2/h2-3,6-7,13,15H,4-5,8-10H2,1H3;1-2H3. The summed E-state index contributed by atoms with van der Waals surface area (Å²) in [6.45, 7) is 7.51. The monoisotopic (exact) mass is 268 g/mol. The van der Waals surface area contributed by atoms with Gasteiger partial charge in [0.25, 0.3) is 0 Å². The minimum absolute atomic E-state index is 0.340. The van der Waals surface area contributed by atoms with Crippen molar-refractivity contribution in [2.45, 2.75) is 32.7 Å². The van der Waals surface area contributed by atoms with E-state index in [-0.39, 0.29) is 0 Å². The van der Waals surface area contributed by atoms with E-state index in [4.69, 9.17) is 11.6 Å². The zero-order valence-corrected chi connectivity index (χ0v) is 12.5. The van der Waals surface area contributed by atoms with Crippen LogP contribution in [-0.4, -0.2) is 31.6 Å². The van der Waals surface area contributed by atoms with E-state index < -0.39 is 0 Å². The molecule has 1 aromatic carbocycles. The Morgan fingerprint density at radius 3 is 2.39 bits per heavy atom. The van der Waals surface area contributed by atoms with Crippen LogP contribution in [0.15, 0.2) is 24.3 Å². The van der Waals surface area contributed by atoms with Gasteiger partial charge in [0.2, 0.25) is 0 Å². The molecule has 18 heavy (non-hydrogen) atoms. The molecule has 1 atom stereocenters. The maximum atomic E-state index is 6.22. The highest BCUT2D eigenvalue weighted by Gasteiger charge is 2.18. The van der Waals surface area contributed by atoms with E-state index in [1.807, 2.05) is 33.0 Å². The average molecular weight is 269 g/mol. The van der Waals surface area contributed by atoms with Crippen molar-refractivity contribution in [1.82, 2.24) is 10.2 Å². The van der Waals surface area contributed by atoms with Crippen LogP contribution in [0, 0.1) is 0 Å². The molecule has 0 spiro atoms. The van der Waals surface area contributed by atoms with Gasteiger partial charge in [0, 0.05) is 17.6 Å². The van der Waals surface area contributed by atoms with Crippen LogP contribution in [-0.2, 0) is 0 Å². The van der Waals surface area contributed by atoms with Crippen LogP contribution < -0.4 is 5.32 Å². The number of benzene rings is 1. The van der Waals surface area contributed by atoms with E-state index in [2.05, 4.69) is 22.3 Å². The first-order chi connectivity index (χ1) is 8.81. The molecule has 1 N–H and O–H groups in total. The third kappa shape index (κ3) is 4.27. The van der Waals surface area contributed by atoms with Gasteiger partial charge in [0.15, 0.2) is 0 Å². The molecule has 0 bridgehead atoms. The van der Waals surface area contributed by atoms with E-state index in [1.54, 1.807) is 0 Å². The number of likely N-dealkylation sites (tertiary alicyclic amines) is 1. The molecule has 2 nitrogen and oxygen atoms in total. The highest BCUT2D eigenvalue weighted by molar-refractivity contribution is 6.31. The zero-order chi connectivity index (χ0) is 13.4. The number of hydrogen-bond acceptors (Lipinski definition) is 2. The molecular weight excluding hydrogens is 244 g/mol. The lowest BCUT2D eigenvalue weighted by Gasteiger charge is -2.24. The number of halogens is 1. The third-order valence-corrected chi connectivity index (χ3v) is 3.61. The van der Waals surface area contributed by atoms with Gasteiger partial charge in [-0.2, -0.15) is 0 Å². The second-order valence-corrected chi connectivity index (χ2v) is 4.78. The van der Waals surface area contributed by atoms with Crippen molar-refractivity contribution in [3.63, 3.8) is 0 Å². The largest absolute Gasteiger partial charge is 0.312 e. The molecule has 1 saturated heterocycles. The molecule has 0 saturated carbocycles. The maximum absolute atomic E-state index is 6.22. The molecule has 102 valence electrons. The molecule has 0 radical (unpaired) electrons. The molecule has 1 aromatic rings. The van der Waals surface area contributed by atoms with Crippen molar-refractivity contribution in [2.75, 3.05) is 26.7 Å². The number of likely N-dealkylation sites (N-methyl/N-ethyl adjacent to an activating group) is 1. The van der Waals surface area contributed by atoms with Gasteiger partial charge in [-0.15, -0.1) is 0 Å². The molecule has 3 heteroatoms. The van der Waals surface area contributed by atoms with E-state index in [1.165, 1.54) is 31.5 Å². The molecule has 1 aliphatic heterocycles. The van der Waals surface area contributed by atoms with Gasteiger partial charge in [0.05, 0.1) is 0 Å². The highest BCUT2D eigenvalue weighted by atomic mass is 35.5. The summed E-state index contributed by atoms with van der Waals surface area (Å²) in [7, 11) is 2.00. The second kappa shape index (κ2) is 8.52. The van der Waals surface area contributed by atoms with E-state index in [9.17, 15) is 0 Å². The minimum Gasteiger partial charge on any atom is -0.312 e. The summed E-state index contributed by atoms with van der Waals surface area (Å²) in [4.78, 5) is 2.50. The summed E-state index contributed by atoms with van der Waals surface area (Å²) in [5.41, 5.74) is 1.21. The van der Waals surface area contributed by atoms with Gasteiger partial charge < -0.3 is 10.2 Å². The van der Waals surface area contributed by atoms with Crippen LogP contribution in [0.2, 0.25) is 5.02 Å². The third-order valence-electron chi connectivity index (χ3n) is 3.27. The van der Waals surface area contributed by atoms with E-state index >= 15 is 0 Å². The lowest BCUT2D eigenvalue weighted by Crippen LogP contribution is -2.32. The summed E-state index contributed by atoms with van der Waals surface area (Å²) >= 11 is 6.22. The quantitative estimate of drug-likeness (QED) is 0.895. The normalized spacial score (nSPS) is 17.1. The highest BCUT2D eigenvalue weighted by Crippen LogP contribution is 2.24. The summed E-state index contributed by atoms with van der Waals surface area (Å²) in [5, 5.41) is 4.22. The number of nitrogens with zero attached hydrogens (tertiary/aromatic N) is 1. The Kier molecular flexibility index (Phi) is 7.33. The van der Waals surface area contributed by atoms with Crippen molar-refractivity contribution < 1.29 is 0 Å². The molecule has 0 amide bonds. The Labute approximate surface area is 116 Å². The topological polar surface area (TPSA) is 15.3 Å². The van der Waals surface area contributed by atoms with Crippen molar-refractivity contribution in [1.29, 1.82) is 0 Å². The van der Waals surface area contributed by atoms with Gasteiger partial charge in [-0.25, -0.2) is 0 Å². The molecule has 1 unspecified atom stereocenters. The van der Waals surface area contributed by atoms with E-state index in [0.717, 1.165) is 11.6 Å².